The lowest BCUT2D eigenvalue weighted by atomic mass is 10.1. The molecule has 0 spiro atoms. The molecule has 0 saturated heterocycles. The average Bonchev–Trinajstić information content (AvgIpc) is 3.06. The third-order valence-electron chi connectivity index (χ3n) is 3.66. The Morgan fingerprint density at radius 3 is 2.52 bits per heavy atom. The van der Waals surface area contributed by atoms with Crippen LogP contribution in [-0.4, -0.2) is 16.8 Å². The van der Waals surface area contributed by atoms with Crippen LogP contribution < -0.4 is 10.1 Å². The van der Waals surface area contributed by atoms with E-state index in [1.165, 1.54) is 11.1 Å². The molecule has 1 heterocycles. The number of hydrogen-bond acceptors (Lipinski definition) is 3. The maximum Gasteiger partial charge on any atom is 0.119 e. The molecule has 0 saturated carbocycles. The molecule has 2 N–H and O–H groups in total. The van der Waals surface area contributed by atoms with Gasteiger partial charge in [-0.1, -0.05) is 42.5 Å². The molecule has 118 valence electrons. The van der Waals surface area contributed by atoms with E-state index < -0.39 is 0 Å². The zero-order valence-electron chi connectivity index (χ0n) is 13.3. The first-order valence-electron chi connectivity index (χ1n) is 7.87. The third kappa shape index (κ3) is 3.99. The van der Waals surface area contributed by atoms with Gasteiger partial charge in [-0.3, -0.25) is 5.10 Å². The van der Waals surface area contributed by atoms with Crippen molar-refractivity contribution in [3.8, 4) is 17.0 Å². The summed E-state index contributed by atoms with van der Waals surface area (Å²) < 4.78 is 5.46. The fourth-order valence-corrected chi connectivity index (χ4v) is 2.51. The molecule has 0 amide bonds. The number of benzene rings is 2. The van der Waals surface area contributed by atoms with Gasteiger partial charge < -0.3 is 10.1 Å². The van der Waals surface area contributed by atoms with E-state index in [0.717, 1.165) is 30.1 Å². The largest absolute Gasteiger partial charge is 0.494 e. The molecule has 0 aliphatic heterocycles. The van der Waals surface area contributed by atoms with Gasteiger partial charge in [-0.15, -0.1) is 0 Å². The summed E-state index contributed by atoms with van der Waals surface area (Å²) in [5.74, 6) is 0.914. The average molecular weight is 307 g/mol. The third-order valence-corrected chi connectivity index (χ3v) is 3.66. The van der Waals surface area contributed by atoms with Crippen molar-refractivity contribution in [1.82, 2.24) is 15.5 Å². The highest BCUT2D eigenvalue weighted by atomic mass is 16.5. The van der Waals surface area contributed by atoms with Crippen molar-refractivity contribution in [3.05, 3.63) is 71.9 Å². The molecule has 4 nitrogen and oxygen atoms in total. The predicted molar refractivity (Wildman–Crippen MR) is 92.2 cm³/mol. The number of nitrogens with one attached hydrogen (secondary N) is 2. The molecule has 23 heavy (non-hydrogen) atoms. The van der Waals surface area contributed by atoms with Gasteiger partial charge in [-0.2, -0.15) is 5.10 Å². The van der Waals surface area contributed by atoms with Gasteiger partial charge in [0.2, 0.25) is 0 Å². The van der Waals surface area contributed by atoms with Crippen molar-refractivity contribution in [1.29, 1.82) is 0 Å². The van der Waals surface area contributed by atoms with Crippen molar-refractivity contribution in [3.63, 3.8) is 0 Å². The molecule has 2 aromatic carbocycles. The quantitative estimate of drug-likeness (QED) is 0.698. The van der Waals surface area contributed by atoms with Crippen LogP contribution in [0, 0.1) is 0 Å². The molecule has 0 aliphatic rings. The molecule has 4 heteroatoms. The van der Waals surface area contributed by atoms with E-state index in [0.29, 0.717) is 6.61 Å². The molecule has 0 aliphatic carbocycles. The highest BCUT2D eigenvalue weighted by Gasteiger charge is 2.06. The molecule has 0 atom stereocenters. The molecule has 0 unspecified atom stereocenters. The van der Waals surface area contributed by atoms with Crippen molar-refractivity contribution in [2.45, 2.75) is 20.0 Å². The van der Waals surface area contributed by atoms with Gasteiger partial charge in [0.1, 0.15) is 5.75 Å². The topological polar surface area (TPSA) is 49.9 Å². The van der Waals surface area contributed by atoms with Crippen LogP contribution >= 0.6 is 0 Å². The summed E-state index contributed by atoms with van der Waals surface area (Å²) in [6.07, 6.45) is 1.88. The minimum absolute atomic E-state index is 0.695. The maximum absolute atomic E-state index is 5.46. The van der Waals surface area contributed by atoms with E-state index in [1.807, 2.05) is 43.5 Å². The number of ether oxygens (including phenoxy) is 1. The van der Waals surface area contributed by atoms with Gasteiger partial charge in [0.15, 0.2) is 0 Å². The van der Waals surface area contributed by atoms with Crippen LogP contribution in [0.25, 0.3) is 11.3 Å². The minimum Gasteiger partial charge on any atom is -0.494 e. The molecular weight excluding hydrogens is 286 g/mol. The summed E-state index contributed by atoms with van der Waals surface area (Å²) in [4.78, 5) is 0. The van der Waals surface area contributed by atoms with Gasteiger partial charge in [0.25, 0.3) is 0 Å². The zero-order chi connectivity index (χ0) is 15.9. The Morgan fingerprint density at radius 2 is 1.78 bits per heavy atom. The van der Waals surface area contributed by atoms with Crippen LogP contribution in [0.3, 0.4) is 0 Å². The van der Waals surface area contributed by atoms with Gasteiger partial charge in [0, 0.05) is 18.7 Å². The fourth-order valence-electron chi connectivity index (χ4n) is 2.51. The second kappa shape index (κ2) is 7.61. The van der Waals surface area contributed by atoms with E-state index in [9.17, 15) is 0 Å². The Bertz CT molecular complexity index is 720. The Labute approximate surface area is 136 Å². The Balaban J connectivity index is 1.58. The first-order chi connectivity index (χ1) is 11.4. The van der Waals surface area contributed by atoms with E-state index >= 15 is 0 Å². The second-order valence-electron chi connectivity index (χ2n) is 5.32. The molecule has 1 aromatic heterocycles. The summed E-state index contributed by atoms with van der Waals surface area (Å²) in [5.41, 5.74) is 4.63. The van der Waals surface area contributed by atoms with E-state index in [4.69, 9.17) is 4.74 Å². The van der Waals surface area contributed by atoms with Gasteiger partial charge >= 0.3 is 0 Å². The molecule has 0 bridgehead atoms. The number of aromatic amines is 1. The first kappa shape index (κ1) is 15.3. The van der Waals surface area contributed by atoms with Crippen LogP contribution in [0.1, 0.15) is 18.1 Å². The Morgan fingerprint density at radius 1 is 1.00 bits per heavy atom. The first-order valence-corrected chi connectivity index (χ1v) is 7.87. The monoisotopic (exact) mass is 307 g/mol. The van der Waals surface area contributed by atoms with Crippen LogP contribution in [0.5, 0.6) is 5.75 Å². The van der Waals surface area contributed by atoms with Crippen LogP contribution in [0.15, 0.2) is 60.8 Å². The van der Waals surface area contributed by atoms with E-state index in [-0.39, 0.29) is 0 Å². The molecule has 3 aromatic rings. The Kier molecular flexibility index (Phi) is 5.06. The van der Waals surface area contributed by atoms with Gasteiger partial charge in [0.05, 0.1) is 18.5 Å². The summed E-state index contributed by atoms with van der Waals surface area (Å²) >= 11 is 0. The van der Waals surface area contributed by atoms with Gasteiger partial charge in [-0.25, -0.2) is 0 Å². The summed E-state index contributed by atoms with van der Waals surface area (Å²) in [5, 5.41) is 10.7. The maximum atomic E-state index is 5.46. The molecule has 3 rings (SSSR count). The van der Waals surface area contributed by atoms with Crippen molar-refractivity contribution in [2.24, 2.45) is 0 Å². The van der Waals surface area contributed by atoms with Crippen LogP contribution in [-0.2, 0) is 13.1 Å². The zero-order valence-corrected chi connectivity index (χ0v) is 13.3. The lowest BCUT2D eigenvalue weighted by Gasteiger charge is -2.07. The second-order valence-corrected chi connectivity index (χ2v) is 5.32. The number of aromatic nitrogens is 2. The lowest BCUT2D eigenvalue weighted by molar-refractivity contribution is 0.340. The molecule has 0 fully saturated rings. The van der Waals surface area contributed by atoms with Crippen molar-refractivity contribution < 1.29 is 4.74 Å². The van der Waals surface area contributed by atoms with Crippen molar-refractivity contribution >= 4 is 0 Å². The summed E-state index contributed by atoms with van der Waals surface area (Å²) in [6.45, 7) is 4.27. The molecular formula is C19H21N3O. The highest BCUT2D eigenvalue weighted by Crippen LogP contribution is 2.20. The van der Waals surface area contributed by atoms with E-state index in [1.54, 1.807) is 0 Å². The summed E-state index contributed by atoms with van der Waals surface area (Å²) in [7, 11) is 0. The predicted octanol–water partition coefficient (Wildman–Crippen LogP) is 3.77. The normalized spacial score (nSPS) is 10.7. The SMILES string of the molecule is CCOc1ccc(CNCc2cn[nH]c2-c2ccccc2)cc1. The fraction of sp³-hybridized carbons (Fsp3) is 0.211. The highest BCUT2D eigenvalue weighted by molar-refractivity contribution is 5.62. The molecule has 0 radical (unpaired) electrons. The number of H-pyrrole nitrogens is 1. The Hall–Kier alpha value is -2.59. The number of nitrogens with zero attached hydrogens (tertiary/aromatic N) is 1. The van der Waals surface area contributed by atoms with Gasteiger partial charge in [-0.05, 0) is 30.2 Å². The van der Waals surface area contributed by atoms with E-state index in [2.05, 4.69) is 39.8 Å². The van der Waals surface area contributed by atoms with Crippen LogP contribution in [0.4, 0.5) is 0 Å². The summed E-state index contributed by atoms with van der Waals surface area (Å²) in [6, 6.07) is 18.5. The van der Waals surface area contributed by atoms with Crippen molar-refractivity contribution in [2.75, 3.05) is 6.61 Å². The number of hydrogen-bond donors (Lipinski definition) is 2. The number of rotatable bonds is 7. The standard InChI is InChI=1S/C19H21N3O/c1-2-23-18-10-8-15(9-11-18)12-20-13-17-14-21-22-19(17)16-6-4-3-5-7-16/h3-11,14,20H,2,12-13H2,1H3,(H,21,22). The smallest absolute Gasteiger partial charge is 0.119 e. The minimum atomic E-state index is 0.695. The van der Waals surface area contributed by atoms with Crippen LogP contribution in [0.2, 0.25) is 0 Å². The lowest BCUT2D eigenvalue weighted by Crippen LogP contribution is -2.12.